The Balaban J connectivity index is 1.75. The summed E-state index contributed by atoms with van der Waals surface area (Å²) >= 11 is 5.97. The molecule has 1 aliphatic heterocycles. The monoisotopic (exact) mass is 358 g/mol. The number of carboxylic acids is 1. The van der Waals surface area contributed by atoms with Crippen molar-refractivity contribution in [1.29, 1.82) is 0 Å². The van der Waals surface area contributed by atoms with Gasteiger partial charge in [-0.05, 0) is 55.4 Å². The number of aromatic carboxylic acids is 1. The third-order valence-electron chi connectivity index (χ3n) is 4.57. The topological polar surface area (TPSA) is 69.6 Å². The normalized spacial score (nSPS) is 20.4. The minimum Gasteiger partial charge on any atom is -0.478 e. The highest BCUT2D eigenvalue weighted by Crippen LogP contribution is 2.31. The molecule has 0 aromatic heterocycles. The molecule has 0 aliphatic carbocycles. The van der Waals surface area contributed by atoms with Gasteiger partial charge in [0.2, 0.25) is 0 Å². The number of carbonyl (C=O) groups excluding carboxylic acids is 1. The molecule has 1 fully saturated rings. The second-order valence-electron chi connectivity index (χ2n) is 6.23. The zero-order valence-corrected chi connectivity index (χ0v) is 14.5. The van der Waals surface area contributed by atoms with Crippen molar-refractivity contribution in [3.05, 3.63) is 70.2 Å². The van der Waals surface area contributed by atoms with E-state index < -0.39 is 5.97 Å². The molecule has 2 N–H and O–H groups in total. The Morgan fingerprint density at radius 3 is 2.28 bits per heavy atom. The molecule has 1 amide bonds. The van der Waals surface area contributed by atoms with Gasteiger partial charge in [-0.15, -0.1) is 0 Å². The van der Waals surface area contributed by atoms with Gasteiger partial charge < -0.3 is 10.4 Å². The number of hydrogen-bond donors (Lipinski definition) is 2. The first kappa shape index (κ1) is 17.5. The van der Waals surface area contributed by atoms with Crippen LogP contribution >= 0.6 is 11.6 Å². The highest BCUT2D eigenvalue weighted by molar-refractivity contribution is 6.30. The van der Waals surface area contributed by atoms with E-state index in [4.69, 9.17) is 16.7 Å². The fourth-order valence-corrected chi connectivity index (χ4v) is 3.39. The highest BCUT2D eigenvalue weighted by Gasteiger charge is 2.34. The molecule has 1 saturated heterocycles. The Morgan fingerprint density at radius 1 is 1.08 bits per heavy atom. The highest BCUT2D eigenvalue weighted by atomic mass is 35.5. The van der Waals surface area contributed by atoms with Crippen LogP contribution in [-0.2, 0) is 0 Å². The maximum Gasteiger partial charge on any atom is 0.335 e. The van der Waals surface area contributed by atoms with Crippen molar-refractivity contribution in [2.45, 2.75) is 18.5 Å². The molecule has 1 aliphatic rings. The maximum atomic E-state index is 12.5. The maximum absolute atomic E-state index is 12.5. The van der Waals surface area contributed by atoms with Gasteiger partial charge in [-0.2, -0.15) is 0 Å². The number of nitrogens with zero attached hydrogens (tertiary/aromatic N) is 1. The molecule has 1 heterocycles. The van der Waals surface area contributed by atoms with Gasteiger partial charge in [0.1, 0.15) is 0 Å². The van der Waals surface area contributed by atoms with Gasteiger partial charge in [0.05, 0.1) is 17.6 Å². The van der Waals surface area contributed by atoms with E-state index in [1.165, 1.54) is 24.3 Å². The van der Waals surface area contributed by atoms with Crippen molar-refractivity contribution < 1.29 is 14.7 Å². The predicted molar refractivity (Wildman–Crippen MR) is 96.1 cm³/mol. The molecule has 5 nitrogen and oxygen atoms in total. The van der Waals surface area contributed by atoms with Crippen LogP contribution in [0.4, 0.5) is 0 Å². The lowest BCUT2D eigenvalue weighted by molar-refractivity contribution is 0.0696. The van der Waals surface area contributed by atoms with E-state index in [0.29, 0.717) is 10.6 Å². The molecule has 25 heavy (non-hydrogen) atoms. The Labute approximate surface area is 151 Å². The number of carboxylic acid groups (broad SMARTS) is 1. The first-order valence-corrected chi connectivity index (χ1v) is 8.43. The molecule has 130 valence electrons. The number of amides is 1. The fraction of sp³-hybridized carbons (Fsp3) is 0.263. The number of likely N-dealkylation sites (tertiary alicyclic amines) is 1. The Morgan fingerprint density at radius 2 is 1.68 bits per heavy atom. The van der Waals surface area contributed by atoms with Gasteiger partial charge in [0, 0.05) is 17.1 Å². The average Bonchev–Trinajstić information content (AvgIpc) is 2.96. The van der Waals surface area contributed by atoms with Crippen molar-refractivity contribution >= 4 is 23.5 Å². The van der Waals surface area contributed by atoms with Crippen LogP contribution in [0.1, 0.15) is 38.7 Å². The number of likely N-dealkylation sites (N-methyl/N-ethyl adjacent to an activating group) is 1. The van der Waals surface area contributed by atoms with E-state index >= 15 is 0 Å². The number of nitrogens with one attached hydrogen (secondary N) is 1. The summed E-state index contributed by atoms with van der Waals surface area (Å²) in [6.07, 6.45) is 0.850. The van der Waals surface area contributed by atoms with Crippen molar-refractivity contribution in [3.63, 3.8) is 0 Å². The molecule has 6 heteroatoms. The van der Waals surface area contributed by atoms with E-state index in [1.807, 2.05) is 31.3 Å². The summed E-state index contributed by atoms with van der Waals surface area (Å²) in [5.41, 5.74) is 1.72. The van der Waals surface area contributed by atoms with Gasteiger partial charge in [-0.3, -0.25) is 9.69 Å². The largest absolute Gasteiger partial charge is 0.478 e. The van der Waals surface area contributed by atoms with Crippen LogP contribution in [0.15, 0.2) is 48.5 Å². The molecule has 0 saturated carbocycles. The minimum absolute atomic E-state index is 0.0159. The molecule has 2 unspecified atom stereocenters. The third-order valence-corrected chi connectivity index (χ3v) is 4.82. The van der Waals surface area contributed by atoms with Crippen molar-refractivity contribution in [2.24, 2.45) is 0 Å². The summed E-state index contributed by atoms with van der Waals surface area (Å²) in [6, 6.07) is 13.7. The predicted octanol–water partition coefficient (Wildman–Crippen LogP) is 3.21. The van der Waals surface area contributed by atoms with Crippen molar-refractivity contribution in [3.8, 4) is 0 Å². The third kappa shape index (κ3) is 3.83. The van der Waals surface area contributed by atoms with Gasteiger partial charge in [0.25, 0.3) is 5.91 Å². The quantitative estimate of drug-likeness (QED) is 0.880. The summed E-state index contributed by atoms with van der Waals surface area (Å²) < 4.78 is 0. The minimum atomic E-state index is -1.01. The van der Waals surface area contributed by atoms with Crippen LogP contribution in [0.2, 0.25) is 5.02 Å². The molecular formula is C19H19ClN2O3. The summed E-state index contributed by atoms with van der Waals surface area (Å²) in [6.45, 7) is 0.885. The van der Waals surface area contributed by atoms with Crippen LogP contribution in [-0.4, -0.2) is 41.5 Å². The molecule has 2 atom stereocenters. The summed E-state index contributed by atoms with van der Waals surface area (Å²) in [7, 11) is 2.03. The Bertz CT molecular complexity index is 774. The van der Waals surface area contributed by atoms with Gasteiger partial charge in [-0.25, -0.2) is 4.79 Å². The van der Waals surface area contributed by atoms with Gasteiger partial charge in [0.15, 0.2) is 0 Å². The number of hydrogen-bond acceptors (Lipinski definition) is 3. The van der Waals surface area contributed by atoms with Crippen LogP contribution in [0.5, 0.6) is 0 Å². The Hall–Kier alpha value is -2.37. The summed E-state index contributed by atoms with van der Waals surface area (Å²) in [5.74, 6) is -1.21. The smallest absolute Gasteiger partial charge is 0.335 e. The molecule has 2 aromatic rings. The number of benzene rings is 2. The SMILES string of the molecule is CN1CCC(NC(=O)c2ccc(C(=O)O)cc2)C1c1ccc(Cl)cc1. The molecule has 0 bridgehead atoms. The van der Waals surface area contributed by atoms with Crippen LogP contribution in [0, 0.1) is 0 Å². The van der Waals surface area contributed by atoms with Gasteiger partial charge >= 0.3 is 5.97 Å². The standard InChI is InChI=1S/C19H19ClN2O3/c1-22-11-10-16(17(22)12-6-8-15(20)9-7-12)21-18(23)13-2-4-14(5-3-13)19(24)25/h2-9,16-17H,10-11H2,1H3,(H,21,23)(H,24,25). The van der Waals surface area contributed by atoms with E-state index in [1.54, 1.807) is 0 Å². The molecule has 3 rings (SSSR count). The van der Waals surface area contributed by atoms with Crippen LogP contribution in [0.3, 0.4) is 0 Å². The first-order chi connectivity index (χ1) is 12.0. The first-order valence-electron chi connectivity index (χ1n) is 8.05. The summed E-state index contributed by atoms with van der Waals surface area (Å²) in [5, 5.41) is 12.7. The summed E-state index contributed by atoms with van der Waals surface area (Å²) in [4.78, 5) is 25.6. The van der Waals surface area contributed by atoms with Crippen molar-refractivity contribution in [1.82, 2.24) is 10.2 Å². The zero-order valence-electron chi connectivity index (χ0n) is 13.8. The lowest BCUT2D eigenvalue weighted by Gasteiger charge is -2.26. The van der Waals surface area contributed by atoms with Crippen LogP contribution in [0.25, 0.3) is 0 Å². The second kappa shape index (κ2) is 7.25. The lowest BCUT2D eigenvalue weighted by Crippen LogP contribution is -2.39. The molecular weight excluding hydrogens is 340 g/mol. The molecule has 0 radical (unpaired) electrons. The lowest BCUT2D eigenvalue weighted by atomic mass is 9.99. The number of carbonyl (C=O) groups is 2. The van der Waals surface area contributed by atoms with Crippen LogP contribution < -0.4 is 5.32 Å². The number of halogens is 1. The second-order valence-corrected chi connectivity index (χ2v) is 6.66. The van der Waals surface area contributed by atoms with E-state index in [0.717, 1.165) is 18.5 Å². The fourth-order valence-electron chi connectivity index (χ4n) is 3.26. The van der Waals surface area contributed by atoms with E-state index in [-0.39, 0.29) is 23.6 Å². The van der Waals surface area contributed by atoms with Crippen molar-refractivity contribution in [2.75, 3.05) is 13.6 Å². The molecule has 0 spiro atoms. The average molecular weight is 359 g/mol. The van der Waals surface area contributed by atoms with E-state index in [9.17, 15) is 9.59 Å². The Kier molecular flexibility index (Phi) is 5.06. The number of rotatable bonds is 4. The van der Waals surface area contributed by atoms with Gasteiger partial charge in [-0.1, -0.05) is 23.7 Å². The zero-order chi connectivity index (χ0) is 18.0. The van der Waals surface area contributed by atoms with E-state index in [2.05, 4.69) is 10.2 Å². The molecule has 2 aromatic carbocycles.